The van der Waals surface area contributed by atoms with Crippen LogP contribution in [0.25, 0.3) is 0 Å². The van der Waals surface area contributed by atoms with E-state index in [0.29, 0.717) is 38.0 Å². The fourth-order valence-corrected chi connectivity index (χ4v) is 4.16. The van der Waals surface area contributed by atoms with Crippen LogP contribution in [0, 0.1) is 11.7 Å². The molecule has 0 aromatic heterocycles. The van der Waals surface area contributed by atoms with E-state index in [2.05, 4.69) is 6.58 Å². The maximum atomic E-state index is 13.9. The lowest BCUT2D eigenvalue weighted by Crippen LogP contribution is -2.44. The molecule has 5 heteroatoms. The largest absolute Gasteiger partial charge is 0.339 e. The molecule has 1 saturated carbocycles. The van der Waals surface area contributed by atoms with Crippen LogP contribution in [0.2, 0.25) is 0 Å². The lowest BCUT2D eigenvalue weighted by Gasteiger charge is -2.31. The maximum absolute atomic E-state index is 13.9. The van der Waals surface area contributed by atoms with Crippen LogP contribution in [0.15, 0.2) is 36.9 Å². The highest BCUT2D eigenvalue weighted by Gasteiger charge is 2.36. The molecule has 2 aliphatic rings. The summed E-state index contributed by atoms with van der Waals surface area (Å²) in [4.78, 5) is 28.6. The van der Waals surface area contributed by atoms with E-state index in [4.69, 9.17) is 0 Å². The van der Waals surface area contributed by atoms with Crippen molar-refractivity contribution in [2.24, 2.45) is 5.92 Å². The van der Waals surface area contributed by atoms with Crippen molar-refractivity contribution in [3.05, 3.63) is 48.3 Å². The second-order valence-corrected chi connectivity index (χ2v) is 7.29. The second-order valence-electron chi connectivity index (χ2n) is 7.29. The molecule has 1 saturated heterocycles. The summed E-state index contributed by atoms with van der Waals surface area (Å²) in [6.07, 6.45) is 6.84. The van der Waals surface area contributed by atoms with Crippen molar-refractivity contribution in [2.75, 3.05) is 19.6 Å². The molecule has 3 rings (SSSR count). The summed E-state index contributed by atoms with van der Waals surface area (Å²) in [6, 6.07) is 7.01. The van der Waals surface area contributed by atoms with Crippen LogP contribution in [-0.2, 0) is 16.0 Å². The van der Waals surface area contributed by atoms with Gasteiger partial charge in [-0.25, -0.2) is 4.39 Å². The van der Waals surface area contributed by atoms with Crippen molar-refractivity contribution in [2.45, 2.75) is 44.6 Å². The van der Waals surface area contributed by atoms with E-state index in [-0.39, 0.29) is 29.6 Å². The summed E-state index contributed by atoms with van der Waals surface area (Å²) in [5, 5.41) is 0. The third-order valence-electron chi connectivity index (χ3n) is 5.65. The average Bonchev–Trinajstić information content (AvgIpc) is 3.34. The Morgan fingerprint density at radius 3 is 2.65 bits per heavy atom. The van der Waals surface area contributed by atoms with Crippen LogP contribution in [-0.4, -0.2) is 47.3 Å². The number of benzene rings is 1. The molecule has 1 heterocycles. The zero-order valence-electron chi connectivity index (χ0n) is 15.2. The highest BCUT2D eigenvalue weighted by molar-refractivity contribution is 5.88. The molecular weight excluding hydrogens is 331 g/mol. The van der Waals surface area contributed by atoms with E-state index in [1.807, 2.05) is 11.0 Å². The Balaban J connectivity index is 1.68. The zero-order valence-corrected chi connectivity index (χ0v) is 15.2. The van der Waals surface area contributed by atoms with E-state index in [0.717, 1.165) is 25.7 Å². The molecule has 0 bridgehead atoms. The van der Waals surface area contributed by atoms with Gasteiger partial charge in [-0.3, -0.25) is 9.59 Å². The van der Waals surface area contributed by atoms with Crippen molar-refractivity contribution >= 4 is 11.8 Å². The summed E-state index contributed by atoms with van der Waals surface area (Å²) < 4.78 is 13.9. The number of rotatable bonds is 6. The van der Waals surface area contributed by atoms with Crippen LogP contribution in [0.5, 0.6) is 0 Å². The number of hydrogen-bond acceptors (Lipinski definition) is 2. The van der Waals surface area contributed by atoms with Crippen LogP contribution < -0.4 is 0 Å². The number of likely N-dealkylation sites (tertiary alicyclic amines) is 1. The third-order valence-corrected chi connectivity index (χ3v) is 5.65. The fraction of sp³-hybridized carbons (Fsp3) is 0.524. The SMILES string of the molecule is C=CC(=O)N1CCC(C(=O)N(CCc2ccccc2F)C2CCCC2)C1. The molecule has 26 heavy (non-hydrogen) atoms. The standard InChI is InChI=1S/C21H27FN2O2/c1-2-20(25)23-13-11-17(15-23)21(26)24(18-8-4-5-9-18)14-12-16-7-3-6-10-19(16)22/h2-3,6-7,10,17-18H,1,4-5,8-9,11-15H2. The molecule has 1 aliphatic heterocycles. The van der Waals surface area contributed by atoms with Crippen LogP contribution in [0.1, 0.15) is 37.7 Å². The molecule has 1 aromatic rings. The van der Waals surface area contributed by atoms with Gasteiger partial charge in [0, 0.05) is 25.7 Å². The first kappa shape index (κ1) is 18.6. The smallest absolute Gasteiger partial charge is 0.245 e. The van der Waals surface area contributed by atoms with E-state index in [1.165, 1.54) is 12.1 Å². The van der Waals surface area contributed by atoms with Gasteiger partial charge < -0.3 is 9.80 Å². The molecule has 0 spiro atoms. The minimum atomic E-state index is -0.213. The average molecular weight is 358 g/mol. The minimum Gasteiger partial charge on any atom is -0.339 e. The molecule has 4 nitrogen and oxygen atoms in total. The number of halogens is 1. The van der Waals surface area contributed by atoms with Gasteiger partial charge in [-0.05, 0) is 43.4 Å². The van der Waals surface area contributed by atoms with Gasteiger partial charge in [-0.1, -0.05) is 37.6 Å². The molecule has 1 aliphatic carbocycles. The van der Waals surface area contributed by atoms with E-state index < -0.39 is 0 Å². The minimum absolute atomic E-state index is 0.112. The molecule has 1 aromatic carbocycles. The fourth-order valence-electron chi connectivity index (χ4n) is 4.16. The van der Waals surface area contributed by atoms with Gasteiger partial charge in [0.2, 0.25) is 11.8 Å². The number of carbonyl (C=O) groups is 2. The van der Waals surface area contributed by atoms with E-state index in [9.17, 15) is 14.0 Å². The van der Waals surface area contributed by atoms with E-state index >= 15 is 0 Å². The number of hydrogen-bond donors (Lipinski definition) is 0. The Hall–Kier alpha value is -2.17. The first-order valence-corrected chi connectivity index (χ1v) is 9.55. The van der Waals surface area contributed by atoms with Crippen LogP contribution >= 0.6 is 0 Å². The third kappa shape index (κ3) is 4.14. The summed E-state index contributed by atoms with van der Waals surface area (Å²) >= 11 is 0. The number of carbonyl (C=O) groups excluding carboxylic acids is 2. The van der Waals surface area contributed by atoms with Crippen molar-refractivity contribution in [3.63, 3.8) is 0 Å². The quantitative estimate of drug-likeness (QED) is 0.733. The van der Waals surface area contributed by atoms with Gasteiger partial charge >= 0.3 is 0 Å². The van der Waals surface area contributed by atoms with Crippen molar-refractivity contribution in [1.29, 1.82) is 0 Å². The molecule has 1 atom stereocenters. The van der Waals surface area contributed by atoms with Crippen molar-refractivity contribution < 1.29 is 14.0 Å². The first-order chi connectivity index (χ1) is 12.6. The zero-order chi connectivity index (χ0) is 18.5. The summed E-state index contributed by atoms with van der Waals surface area (Å²) in [6.45, 7) is 5.13. The monoisotopic (exact) mass is 358 g/mol. The summed E-state index contributed by atoms with van der Waals surface area (Å²) in [5.74, 6) is -0.360. The highest BCUT2D eigenvalue weighted by atomic mass is 19.1. The normalized spacial score (nSPS) is 20.3. The Bertz CT molecular complexity index is 670. The predicted molar refractivity (Wildman–Crippen MR) is 99.0 cm³/mol. The maximum Gasteiger partial charge on any atom is 0.245 e. The van der Waals surface area contributed by atoms with Crippen LogP contribution in [0.3, 0.4) is 0 Å². The van der Waals surface area contributed by atoms with Crippen molar-refractivity contribution in [3.8, 4) is 0 Å². The highest BCUT2D eigenvalue weighted by Crippen LogP contribution is 2.28. The van der Waals surface area contributed by atoms with Gasteiger partial charge in [-0.15, -0.1) is 0 Å². The van der Waals surface area contributed by atoms with Gasteiger partial charge in [0.15, 0.2) is 0 Å². The van der Waals surface area contributed by atoms with Gasteiger partial charge in [-0.2, -0.15) is 0 Å². The van der Waals surface area contributed by atoms with E-state index in [1.54, 1.807) is 17.0 Å². The van der Waals surface area contributed by atoms with Gasteiger partial charge in [0.25, 0.3) is 0 Å². The Kier molecular flexibility index (Phi) is 6.07. The second kappa shape index (κ2) is 8.47. The Morgan fingerprint density at radius 2 is 1.96 bits per heavy atom. The molecule has 0 radical (unpaired) electrons. The molecule has 140 valence electrons. The molecular formula is C21H27FN2O2. The number of nitrogens with zero attached hydrogens (tertiary/aromatic N) is 2. The molecule has 2 amide bonds. The molecule has 0 N–H and O–H groups in total. The Morgan fingerprint density at radius 1 is 1.23 bits per heavy atom. The predicted octanol–water partition coefficient (Wildman–Crippen LogP) is 3.17. The van der Waals surface area contributed by atoms with Gasteiger partial charge in [0.05, 0.1) is 5.92 Å². The molecule has 2 fully saturated rings. The lowest BCUT2D eigenvalue weighted by molar-refractivity contribution is -0.137. The topological polar surface area (TPSA) is 40.6 Å². The summed E-state index contributed by atoms with van der Waals surface area (Å²) in [5.41, 5.74) is 0.651. The molecule has 1 unspecified atom stereocenters. The van der Waals surface area contributed by atoms with Crippen LogP contribution in [0.4, 0.5) is 4.39 Å². The van der Waals surface area contributed by atoms with Crippen molar-refractivity contribution in [1.82, 2.24) is 9.80 Å². The Labute approximate surface area is 154 Å². The lowest BCUT2D eigenvalue weighted by atomic mass is 10.0. The first-order valence-electron chi connectivity index (χ1n) is 9.55. The van der Waals surface area contributed by atoms with Gasteiger partial charge in [0.1, 0.15) is 5.82 Å². The number of amides is 2. The summed E-state index contributed by atoms with van der Waals surface area (Å²) in [7, 11) is 0.